The van der Waals surface area contributed by atoms with Gasteiger partial charge in [-0.1, -0.05) is 46.6 Å². The largest absolute Gasteiger partial charge is 0.387 e. The molecule has 0 saturated carbocycles. The molecule has 3 aromatic rings. The van der Waals surface area contributed by atoms with E-state index < -0.39 is 38.5 Å². The fraction of sp³-hybridized carbons (Fsp3) is 0.421. The van der Waals surface area contributed by atoms with E-state index in [2.05, 4.69) is 20.6 Å². The van der Waals surface area contributed by atoms with Crippen molar-refractivity contribution >= 4 is 36.0 Å². The molecular weight excluding hydrogens is 477 g/mol. The lowest BCUT2D eigenvalue weighted by atomic mass is 10.1. The zero-order valence-electron chi connectivity index (χ0n) is 17.4. The molecule has 1 aliphatic rings. The number of nitrogens with zero attached hydrogens (tertiary/aromatic N) is 4. The lowest BCUT2D eigenvalue weighted by Gasteiger charge is -2.15. The summed E-state index contributed by atoms with van der Waals surface area (Å²) in [5.74, 6) is 0. The molecule has 1 saturated heterocycles. The third-order valence-electron chi connectivity index (χ3n) is 5.09. The number of anilines is 1. The number of fused-ring (bicyclic) bond motifs is 1. The monoisotopic (exact) mass is 499 g/mol. The number of aromatic nitrogens is 4. The van der Waals surface area contributed by atoms with Crippen LogP contribution < -0.4 is 5.32 Å². The van der Waals surface area contributed by atoms with Gasteiger partial charge >= 0.3 is 7.60 Å². The molecular formula is C19H23ClN5O7P. The van der Waals surface area contributed by atoms with E-state index in [0.29, 0.717) is 17.7 Å². The van der Waals surface area contributed by atoms with Crippen molar-refractivity contribution in [1.29, 1.82) is 0 Å². The molecule has 0 amide bonds. The fourth-order valence-electron chi connectivity index (χ4n) is 3.57. The van der Waals surface area contributed by atoms with Crippen LogP contribution in [0.25, 0.3) is 11.2 Å². The highest BCUT2D eigenvalue weighted by atomic mass is 35.5. The average Bonchev–Trinajstić information content (AvgIpc) is 3.27. The summed E-state index contributed by atoms with van der Waals surface area (Å²) in [6.45, 7) is 2.16. The molecule has 0 spiro atoms. The van der Waals surface area contributed by atoms with E-state index in [-0.39, 0.29) is 17.4 Å². The SMILES string of the molecule is Cc1cccc(CNc2cc(Cl)nc3c2nnn3[C@@H]2O[C@H](COCP(=O)(O)O)[C@@H](O)[C@H]2O)c1. The number of benzene rings is 1. The minimum Gasteiger partial charge on any atom is -0.387 e. The highest BCUT2D eigenvalue weighted by Gasteiger charge is 2.45. The molecule has 12 nitrogen and oxygen atoms in total. The van der Waals surface area contributed by atoms with Gasteiger partial charge in [-0.05, 0) is 12.5 Å². The Balaban J connectivity index is 1.54. The van der Waals surface area contributed by atoms with Crippen LogP contribution in [0.1, 0.15) is 17.4 Å². The lowest BCUT2D eigenvalue weighted by Crippen LogP contribution is -2.34. The number of ether oxygens (including phenoxy) is 2. The molecule has 14 heteroatoms. The number of hydrogen-bond donors (Lipinski definition) is 5. The van der Waals surface area contributed by atoms with E-state index in [9.17, 15) is 14.8 Å². The smallest absolute Gasteiger partial charge is 0.350 e. The van der Waals surface area contributed by atoms with Gasteiger partial charge in [0.05, 0.1) is 12.3 Å². The van der Waals surface area contributed by atoms with Crippen molar-refractivity contribution in [3.05, 3.63) is 46.6 Å². The number of rotatable bonds is 8. The van der Waals surface area contributed by atoms with Crippen molar-refractivity contribution in [3.8, 4) is 0 Å². The Bertz CT molecular complexity index is 1190. The normalized spacial score (nSPS) is 23.3. The van der Waals surface area contributed by atoms with Crippen molar-refractivity contribution in [2.45, 2.75) is 38.0 Å². The second-order valence-electron chi connectivity index (χ2n) is 7.75. The number of nitrogens with one attached hydrogen (secondary N) is 1. The first-order valence-corrected chi connectivity index (χ1v) is 12.1. The average molecular weight is 500 g/mol. The van der Waals surface area contributed by atoms with Crippen LogP contribution in [0.15, 0.2) is 30.3 Å². The first kappa shape index (κ1) is 24.0. The van der Waals surface area contributed by atoms with Crippen molar-refractivity contribution in [3.63, 3.8) is 0 Å². The zero-order chi connectivity index (χ0) is 23.8. The van der Waals surface area contributed by atoms with E-state index in [0.717, 1.165) is 11.1 Å². The van der Waals surface area contributed by atoms with Gasteiger partial charge in [0, 0.05) is 12.6 Å². The maximum atomic E-state index is 10.9. The molecule has 0 radical (unpaired) electrons. The number of aliphatic hydroxyl groups excluding tert-OH is 2. The van der Waals surface area contributed by atoms with Gasteiger partial charge in [0.25, 0.3) is 0 Å². The summed E-state index contributed by atoms with van der Waals surface area (Å²) < 4.78 is 22.7. The molecule has 2 aromatic heterocycles. The summed E-state index contributed by atoms with van der Waals surface area (Å²) in [6, 6.07) is 9.60. The second-order valence-corrected chi connectivity index (χ2v) is 9.73. The van der Waals surface area contributed by atoms with E-state index in [1.807, 2.05) is 31.2 Å². The van der Waals surface area contributed by atoms with E-state index in [1.54, 1.807) is 6.07 Å². The number of pyridine rings is 1. The molecule has 0 bridgehead atoms. The van der Waals surface area contributed by atoms with Gasteiger partial charge in [-0.25, -0.2) is 4.98 Å². The van der Waals surface area contributed by atoms with E-state index in [4.69, 9.17) is 30.9 Å². The quantitative estimate of drug-likeness (QED) is 0.222. The Morgan fingerprint density at radius 2 is 2.06 bits per heavy atom. The maximum absolute atomic E-state index is 10.9. The Hall–Kier alpha value is -2.15. The molecule has 1 aromatic carbocycles. The summed E-state index contributed by atoms with van der Waals surface area (Å²) in [6.07, 6.45) is -5.84. The number of aryl methyl sites for hydroxylation is 1. The lowest BCUT2D eigenvalue weighted by molar-refractivity contribution is -0.0665. The van der Waals surface area contributed by atoms with Crippen molar-refractivity contribution in [1.82, 2.24) is 20.0 Å². The number of aliphatic hydroxyl groups is 2. The molecule has 0 aliphatic carbocycles. The van der Waals surface area contributed by atoms with Crippen LogP contribution in [0.3, 0.4) is 0 Å². The Kier molecular flexibility index (Phi) is 6.99. The van der Waals surface area contributed by atoms with Crippen LogP contribution >= 0.6 is 19.2 Å². The highest BCUT2D eigenvalue weighted by molar-refractivity contribution is 7.51. The van der Waals surface area contributed by atoms with Gasteiger partial charge in [-0.2, -0.15) is 4.68 Å². The van der Waals surface area contributed by atoms with Crippen LogP contribution in [0.5, 0.6) is 0 Å². The maximum Gasteiger partial charge on any atom is 0.350 e. The van der Waals surface area contributed by atoms with Crippen LogP contribution in [0.4, 0.5) is 5.69 Å². The van der Waals surface area contributed by atoms with Crippen LogP contribution in [0.2, 0.25) is 5.15 Å². The van der Waals surface area contributed by atoms with Crippen molar-refractivity contribution in [2.24, 2.45) is 0 Å². The predicted molar refractivity (Wildman–Crippen MR) is 118 cm³/mol. The molecule has 4 atom stereocenters. The van der Waals surface area contributed by atoms with Gasteiger partial charge in [-0.15, -0.1) is 5.10 Å². The molecule has 5 N–H and O–H groups in total. The van der Waals surface area contributed by atoms with Crippen molar-refractivity contribution in [2.75, 3.05) is 18.3 Å². The van der Waals surface area contributed by atoms with Gasteiger partial charge < -0.3 is 34.8 Å². The minimum absolute atomic E-state index is 0.160. The fourth-order valence-corrected chi connectivity index (χ4v) is 4.10. The molecule has 0 unspecified atom stereocenters. The summed E-state index contributed by atoms with van der Waals surface area (Å²) in [4.78, 5) is 22.0. The summed E-state index contributed by atoms with van der Waals surface area (Å²) in [5.41, 5.74) is 3.37. The van der Waals surface area contributed by atoms with Gasteiger partial charge in [0.1, 0.15) is 29.8 Å². The molecule has 4 rings (SSSR count). The Labute approximate surface area is 193 Å². The van der Waals surface area contributed by atoms with E-state index in [1.165, 1.54) is 4.68 Å². The van der Waals surface area contributed by atoms with Gasteiger partial charge in [-0.3, -0.25) is 4.57 Å². The predicted octanol–water partition coefficient (Wildman–Crippen LogP) is 1.17. The van der Waals surface area contributed by atoms with Crippen molar-refractivity contribution < 1.29 is 34.0 Å². The topological polar surface area (TPSA) is 172 Å². The Morgan fingerprint density at radius 1 is 1.27 bits per heavy atom. The summed E-state index contributed by atoms with van der Waals surface area (Å²) >= 11 is 6.20. The van der Waals surface area contributed by atoms with Gasteiger partial charge in [0.2, 0.25) is 0 Å². The molecule has 1 fully saturated rings. The van der Waals surface area contributed by atoms with Crippen LogP contribution in [-0.4, -0.2) is 71.2 Å². The summed E-state index contributed by atoms with van der Waals surface area (Å²) in [7, 11) is -4.38. The number of halogens is 1. The van der Waals surface area contributed by atoms with Crippen LogP contribution in [0, 0.1) is 6.92 Å². The third-order valence-corrected chi connectivity index (χ3v) is 5.80. The minimum atomic E-state index is -4.38. The summed E-state index contributed by atoms with van der Waals surface area (Å²) in [5, 5.41) is 32.4. The highest BCUT2D eigenvalue weighted by Crippen LogP contribution is 2.36. The molecule has 178 valence electrons. The molecule has 33 heavy (non-hydrogen) atoms. The van der Waals surface area contributed by atoms with E-state index >= 15 is 0 Å². The zero-order valence-corrected chi connectivity index (χ0v) is 19.1. The second kappa shape index (κ2) is 9.61. The first-order valence-electron chi connectivity index (χ1n) is 9.97. The number of hydrogen-bond acceptors (Lipinski definition) is 9. The third kappa shape index (κ3) is 5.51. The standard InChI is InChI=1S/C19H23ClN5O7P/c1-10-3-2-4-11(5-10)7-21-12-6-14(20)22-18-15(12)23-24-25(18)19-17(27)16(26)13(32-19)8-31-9-33(28,29)30/h2-6,13,16-17,19,26-27H,7-9H2,1H3,(H,21,22)(H2,28,29,30)/t13-,16-,17-,19-/m1/s1. The molecule has 3 heterocycles. The van der Waals surface area contributed by atoms with Gasteiger partial charge in [0.15, 0.2) is 17.4 Å². The first-order chi connectivity index (χ1) is 15.6. The molecule has 1 aliphatic heterocycles. The Morgan fingerprint density at radius 3 is 2.79 bits per heavy atom. The van der Waals surface area contributed by atoms with Crippen LogP contribution in [-0.2, 0) is 20.6 Å².